The highest BCUT2D eigenvalue weighted by Crippen LogP contribution is 2.30. The Hall–Kier alpha value is -3.50. The van der Waals surface area contributed by atoms with Gasteiger partial charge in [0.25, 0.3) is 5.91 Å². The fourth-order valence-corrected chi connectivity index (χ4v) is 3.05. The Kier molecular flexibility index (Phi) is 4.88. The number of halogens is 5. The van der Waals surface area contributed by atoms with Crippen molar-refractivity contribution in [2.24, 2.45) is 0 Å². The molecule has 156 valence electrons. The van der Waals surface area contributed by atoms with E-state index in [-0.39, 0.29) is 41.3 Å². The maximum atomic E-state index is 13.7. The van der Waals surface area contributed by atoms with Crippen molar-refractivity contribution in [3.8, 4) is 17.1 Å². The average Bonchev–Trinajstić information content (AvgIpc) is 3.18. The molecule has 3 aromatic rings. The van der Waals surface area contributed by atoms with Crippen LogP contribution in [0.4, 0.5) is 22.0 Å². The van der Waals surface area contributed by atoms with Gasteiger partial charge >= 0.3 is 12.1 Å². The van der Waals surface area contributed by atoms with Crippen LogP contribution >= 0.6 is 0 Å². The van der Waals surface area contributed by atoms with Gasteiger partial charge in [0.1, 0.15) is 12.4 Å². The molecule has 0 radical (unpaired) electrons. The largest absolute Gasteiger partial charge is 0.488 e. The van der Waals surface area contributed by atoms with Gasteiger partial charge in [0.05, 0.1) is 6.04 Å². The number of hydrogen-bond acceptors (Lipinski definition) is 5. The Balaban J connectivity index is 1.49. The van der Waals surface area contributed by atoms with Crippen LogP contribution < -0.4 is 10.1 Å². The summed E-state index contributed by atoms with van der Waals surface area (Å²) in [5, 5.41) is 5.95. The Morgan fingerprint density at radius 2 is 1.97 bits per heavy atom. The molecule has 0 saturated heterocycles. The molecule has 1 atom stereocenters. The van der Waals surface area contributed by atoms with Crippen LogP contribution in [0.2, 0.25) is 0 Å². The van der Waals surface area contributed by atoms with Gasteiger partial charge in [-0.15, -0.1) is 0 Å². The predicted molar refractivity (Wildman–Crippen MR) is 91.5 cm³/mol. The molecule has 1 aliphatic heterocycles. The molecule has 0 bridgehead atoms. The van der Waals surface area contributed by atoms with Crippen LogP contribution in [0.3, 0.4) is 0 Å². The number of alkyl halides is 3. The number of fused-ring (bicyclic) bond motifs is 1. The number of carbonyl (C=O) groups excluding carboxylic acids is 1. The monoisotopic (exact) mass is 425 g/mol. The second-order valence-electron chi connectivity index (χ2n) is 6.56. The molecule has 1 amide bonds. The molecule has 1 aromatic heterocycles. The average molecular weight is 425 g/mol. The molecule has 4 rings (SSSR count). The third-order valence-corrected chi connectivity index (χ3v) is 4.37. The fourth-order valence-electron chi connectivity index (χ4n) is 3.05. The smallest absolute Gasteiger partial charge is 0.471 e. The molecular weight excluding hydrogens is 413 g/mol. The third-order valence-electron chi connectivity index (χ3n) is 4.37. The minimum atomic E-state index is -4.78. The van der Waals surface area contributed by atoms with Gasteiger partial charge in [-0.3, -0.25) is 4.79 Å². The lowest BCUT2D eigenvalue weighted by atomic mass is 10.0. The van der Waals surface area contributed by atoms with E-state index in [2.05, 4.69) is 20.0 Å². The first-order valence-electron chi connectivity index (χ1n) is 8.63. The van der Waals surface area contributed by atoms with Crippen molar-refractivity contribution in [1.82, 2.24) is 15.5 Å². The Bertz CT molecular complexity index is 1110. The standard InChI is InChI=1S/C19H12F5N3O3/c20-12-5-11-6-13(8-29-15(11)14(21)7-12)25-17(28)10-3-1-2-9(4-10)16-26-18(30-27-16)19(22,23)24/h1-5,7,13H,6,8H2,(H,25,28). The summed E-state index contributed by atoms with van der Waals surface area (Å²) < 4.78 is 74.5. The summed E-state index contributed by atoms with van der Waals surface area (Å²) in [5.41, 5.74) is 0.558. The van der Waals surface area contributed by atoms with Gasteiger partial charge in [0, 0.05) is 22.8 Å². The molecule has 6 nitrogen and oxygen atoms in total. The number of carbonyl (C=O) groups is 1. The Labute approximate surface area is 165 Å². The number of rotatable bonds is 3. The van der Waals surface area contributed by atoms with E-state index in [0.717, 1.165) is 6.07 Å². The van der Waals surface area contributed by atoms with Crippen LogP contribution in [0, 0.1) is 11.6 Å². The van der Waals surface area contributed by atoms with Crippen molar-refractivity contribution in [3.05, 3.63) is 65.1 Å². The topological polar surface area (TPSA) is 77.2 Å². The van der Waals surface area contributed by atoms with E-state index < -0.39 is 35.7 Å². The van der Waals surface area contributed by atoms with Gasteiger partial charge in [-0.05, 0) is 24.6 Å². The minimum absolute atomic E-state index is 0.0270. The predicted octanol–water partition coefficient (Wildman–Crippen LogP) is 3.77. The summed E-state index contributed by atoms with van der Waals surface area (Å²) in [5.74, 6) is -4.00. The molecule has 0 spiro atoms. The second-order valence-corrected chi connectivity index (χ2v) is 6.56. The third kappa shape index (κ3) is 3.95. The second kappa shape index (κ2) is 7.39. The van der Waals surface area contributed by atoms with Gasteiger partial charge in [0.15, 0.2) is 11.6 Å². The SMILES string of the molecule is O=C(NC1COc2c(F)cc(F)cc2C1)c1cccc(-c2noc(C(F)(F)F)n2)c1. The molecule has 30 heavy (non-hydrogen) atoms. The van der Waals surface area contributed by atoms with Crippen molar-refractivity contribution < 1.29 is 36.0 Å². The highest BCUT2D eigenvalue weighted by Gasteiger charge is 2.38. The highest BCUT2D eigenvalue weighted by atomic mass is 19.4. The van der Waals surface area contributed by atoms with Crippen LogP contribution in [-0.4, -0.2) is 28.7 Å². The van der Waals surface area contributed by atoms with Gasteiger partial charge in [0.2, 0.25) is 5.82 Å². The van der Waals surface area contributed by atoms with Crippen molar-refractivity contribution >= 4 is 5.91 Å². The molecule has 2 heterocycles. The summed E-state index contributed by atoms with van der Waals surface area (Å²) >= 11 is 0. The van der Waals surface area contributed by atoms with Crippen LogP contribution in [0.15, 0.2) is 40.9 Å². The zero-order chi connectivity index (χ0) is 21.5. The highest BCUT2D eigenvalue weighted by molar-refractivity contribution is 5.95. The van der Waals surface area contributed by atoms with Gasteiger partial charge in [-0.2, -0.15) is 18.2 Å². The molecule has 1 unspecified atom stereocenters. The van der Waals surface area contributed by atoms with Gasteiger partial charge < -0.3 is 14.6 Å². The Morgan fingerprint density at radius 1 is 1.17 bits per heavy atom. The van der Waals surface area contributed by atoms with E-state index in [1.165, 1.54) is 24.3 Å². The normalized spacial score (nSPS) is 16.0. The summed E-state index contributed by atoms with van der Waals surface area (Å²) in [7, 11) is 0. The molecule has 1 aliphatic rings. The summed E-state index contributed by atoms with van der Waals surface area (Å²) in [4.78, 5) is 15.8. The molecule has 11 heteroatoms. The number of amides is 1. The number of nitrogens with zero attached hydrogens (tertiary/aromatic N) is 2. The maximum absolute atomic E-state index is 13.7. The van der Waals surface area contributed by atoms with E-state index >= 15 is 0 Å². The lowest BCUT2D eigenvalue weighted by molar-refractivity contribution is -0.159. The first kappa shape index (κ1) is 19.8. The van der Waals surface area contributed by atoms with Crippen molar-refractivity contribution in [2.45, 2.75) is 18.6 Å². The van der Waals surface area contributed by atoms with Crippen molar-refractivity contribution in [1.29, 1.82) is 0 Å². The van der Waals surface area contributed by atoms with Gasteiger partial charge in [-0.1, -0.05) is 17.3 Å². The first-order chi connectivity index (χ1) is 14.2. The summed E-state index contributed by atoms with van der Waals surface area (Å²) in [6, 6.07) is 6.91. The number of nitrogens with one attached hydrogen (secondary N) is 1. The molecule has 2 aromatic carbocycles. The lowest BCUT2D eigenvalue weighted by Gasteiger charge is -2.26. The lowest BCUT2D eigenvalue weighted by Crippen LogP contribution is -2.43. The first-order valence-corrected chi connectivity index (χ1v) is 8.63. The number of hydrogen-bond donors (Lipinski definition) is 1. The van der Waals surface area contributed by atoms with Crippen LogP contribution in [-0.2, 0) is 12.6 Å². The number of benzene rings is 2. The molecule has 0 aliphatic carbocycles. The van der Waals surface area contributed by atoms with Crippen LogP contribution in [0.25, 0.3) is 11.4 Å². The van der Waals surface area contributed by atoms with E-state index in [4.69, 9.17) is 4.74 Å². The van der Waals surface area contributed by atoms with Crippen molar-refractivity contribution in [2.75, 3.05) is 6.61 Å². The number of ether oxygens (including phenoxy) is 1. The fraction of sp³-hybridized carbons (Fsp3) is 0.211. The van der Waals surface area contributed by atoms with Crippen LogP contribution in [0.1, 0.15) is 21.8 Å². The van der Waals surface area contributed by atoms with E-state index in [9.17, 15) is 26.7 Å². The zero-order valence-electron chi connectivity index (χ0n) is 15.0. The minimum Gasteiger partial charge on any atom is -0.488 e. The van der Waals surface area contributed by atoms with Crippen molar-refractivity contribution in [3.63, 3.8) is 0 Å². The number of aromatic nitrogens is 2. The Morgan fingerprint density at radius 3 is 2.70 bits per heavy atom. The van der Waals surface area contributed by atoms with Gasteiger partial charge in [-0.25, -0.2) is 8.78 Å². The molecule has 0 saturated carbocycles. The quantitative estimate of drug-likeness (QED) is 0.647. The maximum Gasteiger partial charge on any atom is 0.471 e. The van der Waals surface area contributed by atoms with Crippen LogP contribution in [0.5, 0.6) is 5.75 Å². The molecule has 0 fully saturated rings. The molecular formula is C19H12F5N3O3. The summed E-state index contributed by atoms with van der Waals surface area (Å²) in [6.45, 7) is -0.0270. The van der Waals surface area contributed by atoms with E-state index in [1.807, 2.05) is 0 Å². The molecule has 1 N–H and O–H groups in total. The summed E-state index contributed by atoms with van der Waals surface area (Å²) in [6.07, 6.45) is -4.63. The van der Waals surface area contributed by atoms with E-state index in [1.54, 1.807) is 0 Å². The zero-order valence-corrected chi connectivity index (χ0v) is 15.0. The van der Waals surface area contributed by atoms with E-state index in [0.29, 0.717) is 6.07 Å².